The summed E-state index contributed by atoms with van der Waals surface area (Å²) in [5.74, 6) is -0.861. The number of primary amides is 1. The molecule has 3 aromatic rings. The predicted octanol–water partition coefficient (Wildman–Crippen LogP) is 4.25. The third kappa shape index (κ3) is 6.07. The Morgan fingerprint density at radius 1 is 1.29 bits per heavy atom. The van der Waals surface area contributed by atoms with Crippen LogP contribution in [-0.2, 0) is 16.6 Å². The van der Waals surface area contributed by atoms with E-state index in [0.29, 0.717) is 32.3 Å². The number of nitrogens with one attached hydrogen (secondary N) is 1. The number of hydrogen-bond acceptors (Lipinski definition) is 9. The summed E-state index contributed by atoms with van der Waals surface area (Å²) < 4.78 is 12.4. The number of nitrogens with zero attached hydrogens (tertiary/aromatic N) is 3. The van der Waals surface area contributed by atoms with E-state index in [-0.39, 0.29) is 21.2 Å². The number of halogens is 2. The highest BCUT2D eigenvalue weighted by Crippen LogP contribution is 2.34. The fourth-order valence-corrected chi connectivity index (χ4v) is 5.33. The molecule has 0 bridgehead atoms. The van der Waals surface area contributed by atoms with Crippen molar-refractivity contribution in [2.75, 3.05) is 18.2 Å². The van der Waals surface area contributed by atoms with Crippen LogP contribution in [0.25, 0.3) is 0 Å². The molecule has 0 aliphatic rings. The Labute approximate surface area is 219 Å². The normalized spacial score (nSPS) is 11.7. The van der Waals surface area contributed by atoms with Crippen LogP contribution in [0.4, 0.5) is 5.00 Å². The van der Waals surface area contributed by atoms with Crippen LogP contribution in [0.2, 0.25) is 10.0 Å². The lowest BCUT2D eigenvalue weighted by Gasteiger charge is -2.15. The molecule has 1 unspecified atom stereocenters. The number of hydrogen-bond donors (Lipinski definition) is 2. The molecule has 0 spiro atoms. The van der Waals surface area contributed by atoms with Gasteiger partial charge in [-0.05, 0) is 37.6 Å². The molecule has 3 N–H and O–H groups in total. The Balaban J connectivity index is 1.68. The molecule has 186 valence electrons. The van der Waals surface area contributed by atoms with Crippen LogP contribution in [0.3, 0.4) is 0 Å². The highest BCUT2D eigenvalue weighted by molar-refractivity contribution is 7.99. The average Bonchev–Trinajstić information content (AvgIpc) is 3.33. The lowest BCUT2D eigenvalue weighted by atomic mass is 10.1. The largest absolute Gasteiger partial charge is 0.481 e. The van der Waals surface area contributed by atoms with E-state index in [1.807, 2.05) is 0 Å². The van der Waals surface area contributed by atoms with Crippen molar-refractivity contribution < 1.29 is 23.9 Å². The number of nitrogens with two attached hydrogens (primary N) is 1. The van der Waals surface area contributed by atoms with Gasteiger partial charge in [0.2, 0.25) is 5.91 Å². The van der Waals surface area contributed by atoms with Crippen molar-refractivity contribution >= 4 is 69.1 Å². The summed E-state index contributed by atoms with van der Waals surface area (Å²) in [6.07, 6.45) is -0.488. The highest BCUT2D eigenvalue weighted by Gasteiger charge is 2.26. The molecule has 0 radical (unpaired) electrons. The molecule has 2 amide bonds. The fraction of sp³-hybridized carbons (Fsp3) is 0.286. The van der Waals surface area contributed by atoms with Gasteiger partial charge in [-0.1, -0.05) is 35.0 Å². The molecular weight excluding hydrogens is 537 g/mol. The summed E-state index contributed by atoms with van der Waals surface area (Å²) >= 11 is 14.1. The van der Waals surface area contributed by atoms with Gasteiger partial charge in [-0.25, -0.2) is 4.79 Å². The van der Waals surface area contributed by atoms with Crippen molar-refractivity contribution in [3.05, 3.63) is 50.1 Å². The molecule has 0 saturated carbocycles. The van der Waals surface area contributed by atoms with Gasteiger partial charge in [-0.3, -0.25) is 9.59 Å². The van der Waals surface area contributed by atoms with Crippen molar-refractivity contribution in [3.8, 4) is 5.75 Å². The van der Waals surface area contributed by atoms with Gasteiger partial charge in [-0.2, -0.15) is 0 Å². The molecule has 10 nitrogen and oxygen atoms in total. The van der Waals surface area contributed by atoms with Gasteiger partial charge in [0.1, 0.15) is 10.8 Å². The number of benzene rings is 1. The van der Waals surface area contributed by atoms with Crippen molar-refractivity contribution in [1.82, 2.24) is 14.8 Å². The van der Waals surface area contributed by atoms with E-state index in [9.17, 15) is 14.4 Å². The average molecular weight is 558 g/mol. The van der Waals surface area contributed by atoms with Crippen LogP contribution in [-0.4, -0.2) is 45.4 Å². The zero-order chi connectivity index (χ0) is 25.9. The molecule has 1 atom stereocenters. The first-order valence-corrected chi connectivity index (χ1v) is 12.5. The summed E-state index contributed by atoms with van der Waals surface area (Å²) in [5.41, 5.74) is 5.82. The van der Waals surface area contributed by atoms with E-state index in [2.05, 4.69) is 15.5 Å². The van der Waals surface area contributed by atoms with Crippen molar-refractivity contribution in [2.45, 2.75) is 25.1 Å². The lowest BCUT2D eigenvalue weighted by molar-refractivity contribution is -0.113. The number of thiophene rings is 1. The maximum Gasteiger partial charge on any atom is 0.341 e. The first-order chi connectivity index (χ1) is 16.5. The predicted molar refractivity (Wildman–Crippen MR) is 135 cm³/mol. The Hall–Kier alpha value is -2.80. The minimum Gasteiger partial charge on any atom is -0.481 e. The Morgan fingerprint density at radius 2 is 2.00 bits per heavy atom. The first-order valence-electron chi connectivity index (χ1n) is 9.98. The van der Waals surface area contributed by atoms with Crippen LogP contribution in [0.5, 0.6) is 5.75 Å². The number of ether oxygens (including phenoxy) is 2. The molecular formula is C21H21Cl2N5O5S2. The van der Waals surface area contributed by atoms with E-state index in [0.717, 1.165) is 23.1 Å². The number of amides is 2. The summed E-state index contributed by atoms with van der Waals surface area (Å²) in [6, 6.07) is 4.91. The van der Waals surface area contributed by atoms with Gasteiger partial charge in [0.05, 0.1) is 28.3 Å². The number of anilines is 1. The number of carbonyl (C=O) groups excluding carboxylic acids is 3. The van der Waals surface area contributed by atoms with Gasteiger partial charge in [0, 0.05) is 12.1 Å². The number of thioether (sulfide) groups is 1. The Bertz CT molecular complexity index is 1290. The maximum absolute atomic E-state index is 12.6. The fourth-order valence-electron chi connectivity index (χ4n) is 3.10. The second kappa shape index (κ2) is 11.3. The quantitative estimate of drug-likeness (QED) is 0.294. The smallest absolute Gasteiger partial charge is 0.341 e. The van der Waals surface area contributed by atoms with Crippen molar-refractivity contribution in [1.29, 1.82) is 0 Å². The highest BCUT2D eigenvalue weighted by atomic mass is 35.5. The van der Waals surface area contributed by atoms with Gasteiger partial charge >= 0.3 is 5.97 Å². The number of methoxy groups -OCH3 is 1. The molecule has 14 heteroatoms. The molecule has 0 fully saturated rings. The number of rotatable bonds is 9. The van der Waals surface area contributed by atoms with Gasteiger partial charge in [0.15, 0.2) is 17.1 Å². The monoisotopic (exact) mass is 557 g/mol. The molecule has 0 saturated heterocycles. The first kappa shape index (κ1) is 26.8. The third-order valence-corrected chi connectivity index (χ3v) is 7.55. The minimum atomic E-state index is -0.699. The molecule has 3 rings (SSSR count). The summed E-state index contributed by atoms with van der Waals surface area (Å²) in [6.45, 7) is 3.36. The van der Waals surface area contributed by atoms with Crippen LogP contribution in [0.1, 0.15) is 44.4 Å². The molecule has 0 aliphatic heterocycles. The van der Waals surface area contributed by atoms with E-state index >= 15 is 0 Å². The van der Waals surface area contributed by atoms with Gasteiger partial charge in [0.25, 0.3) is 5.91 Å². The number of esters is 1. The topological polar surface area (TPSA) is 138 Å². The number of carbonyl (C=O) groups is 3. The zero-order valence-corrected chi connectivity index (χ0v) is 22.2. The molecule has 2 aromatic heterocycles. The Morgan fingerprint density at radius 3 is 2.63 bits per heavy atom. The van der Waals surface area contributed by atoms with Crippen molar-refractivity contribution in [2.24, 2.45) is 12.8 Å². The van der Waals surface area contributed by atoms with E-state index in [1.165, 1.54) is 7.11 Å². The van der Waals surface area contributed by atoms with E-state index in [1.54, 1.807) is 43.7 Å². The molecule has 1 aromatic carbocycles. The van der Waals surface area contributed by atoms with Crippen LogP contribution >= 0.6 is 46.3 Å². The van der Waals surface area contributed by atoms with Crippen LogP contribution in [0.15, 0.2) is 23.4 Å². The SMILES string of the molecule is COC(=O)c1c(NC(=O)CSc2nnc(C(C)Oc3ccc(Cl)cc3Cl)n2C)sc(C(N)=O)c1C. The molecule has 0 aliphatic carbocycles. The summed E-state index contributed by atoms with van der Waals surface area (Å²) in [5, 5.41) is 12.5. The third-order valence-electron chi connectivity index (χ3n) is 4.78. The van der Waals surface area contributed by atoms with Crippen molar-refractivity contribution in [3.63, 3.8) is 0 Å². The lowest BCUT2D eigenvalue weighted by Crippen LogP contribution is -2.16. The number of aromatic nitrogens is 3. The maximum atomic E-state index is 12.6. The molecule has 35 heavy (non-hydrogen) atoms. The summed E-state index contributed by atoms with van der Waals surface area (Å²) in [7, 11) is 2.96. The van der Waals surface area contributed by atoms with E-state index in [4.69, 9.17) is 38.4 Å². The van der Waals surface area contributed by atoms with Gasteiger partial charge < -0.3 is 25.1 Å². The summed E-state index contributed by atoms with van der Waals surface area (Å²) in [4.78, 5) is 36.6. The van der Waals surface area contributed by atoms with Crippen LogP contribution in [0, 0.1) is 6.92 Å². The zero-order valence-electron chi connectivity index (χ0n) is 19.0. The van der Waals surface area contributed by atoms with E-state index < -0.39 is 23.9 Å². The second-order valence-electron chi connectivity index (χ2n) is 7.19. The van der Waals surface area contributed by atoms with Gasteiger partial charge in [-0.15, -0.1) is 21.5 Å². The Kier molecular flexibility index (Phi) is 8.65. The second-order valence-corrected chi connectivity index (χ2v) is 9.99. The minimum absolute atomic E-state index is 0.0340. The van der Waals surface area contributed by atoms with Crippen LogP contribution < -0.4 is 15.8 Å². The standard InChI is InChI=1S/C21H21Cl2N5O5S2/c1-9-15(20(31)32-4)19(35-16(9)17(24)30)25-14(29)8-34-21-27-26-18(28(21)3)10(2)33-13-6-5-11(22)7-12(13)23/h5-7,10H,8H2,1-4H3,(H2,24,30)(H,25,29). The molecule has 2 heterocycles.